The van der Waals surface area contributed by atoms with E-state index in [4.69, 9.17) is 17.4 Å². The maximum absolute atomic E-state index is 6.31. The Morgan fingerprint density at radius 3 is 2.94 bits per heavy atom. The quantitative estimate of drug-likeness (QED) is 0.581. The Kier molecular flexibility index (Phi) is 3.00. The molecule has 2 bridgehead atoms. The molecule has 4 atom stereocenters. The third kappa shape index (κ3) is 1.44. The molecule has 92 valence electrons. The molecular weight excluding hydrogens is 236 g/mol. The van der Waals surface area contributed by atoms with Crippen molar-refractivity contribution < 1.29 is 4.74 Å². The molecule has 0 spiro atoms. The number of hydrogen-bond donors (Lipinski definition) is 2. The van der Waals surface area contributed by atoms with Gasteiger partial charge in [-0.1, -0.05) is 6.42 Å². The summed E-state index contributed by atoms with van der Waals surface area (Å²) in [6, 6.07) is 0. The predicted molar refractivity (Wildman–Crippen MR) is 73.6 cm³/mol. The van der Waals surface area contributed by atoms with Crippen LogP contribution >= 0.6 is 25.3 Å². The summed E-state index contributed by atoms with van der Waals surface area (Å²) >= 11 is 9.35. The van der Waals surface area contributed by atoms with E-state index >= 15 is 0 Å². The van der Waals surface area contributed by atoms with Crippen LogP contribution in [0, 0.1) is 11.8 Å². The molecule has 0 aromatic heterocycles. The lowest BCUT2D eigenvalue weighted by Gasteiger charge is -2.44. The Labute approximate surface area is 110 Å². The van der Waals surface area contributed by atoms with Crippen molar-refractivity contribution in [3.8, 4) is 0 Å². The number of fused-ring (bicyclic) bond motifs is 5. The van der Waals surface area contributed by atoms with Gasteiger partial charge in [-0.2, -0.15) is 25.3 Å². The van der Waals surface area contributed by atoms with Crippen molar-refractivity contribution in [2.45, 2.75) is 55.3 Å². The molecular formula is C13H22OS2. The molecule has 3 rings (SSSR count). The molecule has 16 heavy (non-hydrogen) atoms. The van der Waals surface area contributed by atoms with E-state index in [-0.39, 0.29) is 10.3 Å². The maximum Gasteiger partial charge on any atom is 0.0831 e. The Morgan fingerprint density at radius 1 is 1.25 bits per heavy atom. The summed E-state index contributed by atoms with van der Waals surface area (Å²) in [5, 5.41) is 0. The molecule has 3 heteroatoms. The molecule has 0 radical (unpaired) electrons. The van der Waals surface area contributed by atoms with Crippen LogP contribution in [0.15, 0.2) is 0 Å². The molecule has 4 unspecified atom stereocenters. The molecule has 0 amide bonds. The summed E-state index contributed by atoms with van der Waals surface area (Å²) < 4.78 is 6.53. The first-order valence-electron chi connectivity index (χ1n) is 6.69. The Balaban J connectivity index is 1.78. The van der Waals surface area contributed by atoms with E-state index in [9.17, 15) is 0 Å². The van der Waals surface area contributed by atoms with Gasteiger partial charge in [-0.15, -0.1) is 0 Å². The lowest BCUT2D eigenvalue weighted by Crippen LogP contribution is -2.50. The predicted octanol–water partition coefficient (Wildman–Crippen LogP) is 3.34. The lowest BCUT2D eigenvalue weighted by atomic mass is 9.78. The highest BCUT2D eigenvalue weighted by Gasteiger charge is 2.67. The van der Waals surface area contributed by atoms with Gasteiger partial charge in [0.2, 0.25) is 0 Å². The Bertz CT molecular complexity index is 283. The number of hydrogen-bond acceptors (Lipinski definition) is 3. The number of ether oxygens (including phenoxy) is 1. The zero-order chi connectivity index (χ0) is 11.2. The molecule has 0 aliphatic heterocycles. The first-order chi connectivity index (χ1) is 7.72. The highest BCUT2D eigenvalue weighted by Crippen LogP contribution is 2.67. The van der Waals surface area contributed by atoms with E-state index in [1.165, 1.54) is 38.5 Å². The van der Waals surface area contributed by atoms with Crippen LogP contribution in [0.2, 0.25) is 0 Å². The molecule has 3 aliphatic carbocycles. The van der Waals surface area contributed by atoms with Crippen molar-refractivity contribution in [2.75, 3.05) is 12.4 Å². The van der Waals surface area contributed by atoms with Crippen molar-refractivity contribution in [1.82, 2.24) is 0 Å². The maximum atomic E-state index is 6.31. The van der Waals surface area contributed by atoms with E-state index < -0.39 is 0 Å². The van der Waals surface area contributed by atoms with E-state index in [0.717, 1.165) is 30.6 Å². The topological polar surface area (TPSA) is 9.23 Å². The lowest BCUT2D eigenvalue weighted by molar-refractivity contribution is -0.0621. The van der Waals surface area contributed by atoms with Gasteiger partial charge in [-0.3, -0.25) is 0 Å². The Morgan fingerprint density at radius 2 is 2.12 bits per heavy atom. The zero-order valence-corrected chi connectivity index (χ0v) is 11.6. The molecule has 1 nitrogen and oxygen atoms in total. The second kappa shape index (κ2) is 4.10. The summed E-state index contributed by atoms with van der Waals surface area (Å²) in [7, 11) is 0. The average molecular weight is 258 g/mol. The summed E-state index contributed by atoms with van der Waals surface area (Å²) in [5.41, 5.74) is 0.130. The fourth-order valence-electron chi connectivity index (χ4n) is 4.58. The summed E-state index contributed by atoms with van der Waals surface area (Å²) in [5.74, 6) is 2.69. The van der Waals surface area contributed by atoms with Gasteiger partial charge < -0.3 is 4.74 Å². The first kappa shape index (κ1) is 11.7. The average Bonchev–Trinajstić information content (AvgIpc) is 2.88. The molecule has 3 saturated carbocycles. The number of rotatable bonds is 4. The van der Waals surface area contributed by atoms with Crippen LogP contribution in [0.25, 0.3) is 0 Å². The minimum absolute atomic E-state index is 0.130. The minimum Gasteiger partial charge on any atom is -0.374 e. The molecule has 0 heterocycles. The second-order valence-corrected chi connectivity index (χ2v) is 7.09. The van der Waals surface area contributed by atoms with Gasteiger partial charge in [-0.05, 0) is 56.1 Å². The molecule has 3 fully saturated rings. The third-order valence-electron chi connectivity index (χ3n) is 5.24. The second-order valence-electron chi connectivity index (χ2n) is 5.85. The van der Waals surface area contributed by atoms with Gasteiger partial charge in [0, 0.05) is 11.4 Å². The number of thiol groups is 2. The van der Waals surface area contributed by atoms with Crippen LogP contribution in [-0.2, 0) is 4.74 Å². The minimum atomic E-state index is 0.130. The van der Waals surface area contributed by atoms with Gasteiger partial charge in [0.15, 0.2) is 0 Å². The van der Waals surface area contributed by atoms with E-state index in [0.29, 0.717) is 0 Å². The zero-order valence-electron chi connectivity index (χ0n) is 9.82. The molecule has 0 saturated heterocycles. The van der Waals surface area contributed by atoms with Crippen molar-refractivity contribution in [2.24, 2.45) is 11.8 Å². The smallest absolute Gasteiger partial charge is 0.0831 e. The van der Waals surface area contributed by atoms with Gasteiger partial charge in [0.05, 0.1) is 5.60 Å². The van der Waals surface area contributed by atoms with Crippen LogP contribution in [0.5, 0.6) is 0 Å². The van der Waals surface area contributed by atoms with Gasteiger partial charge >= 0.3 is 0 Å². The van der Waals surface area contributed by atoms with Gasteiger partial charge in [0.1, 0.15) is 0 Å². The third-order valence-corrected chi connectivity index (χ3v) is 6.52. The Hall–Kier alpha value is 0.660. The highest BCUT2D eigenvalue weighted by molar-refractivity contribution is 7.82. The van der Waals surface area contributed by atoms with Crippen molar-refractivity contribution in [3.63, 3.8) is 0 Å². The van der Waals surface area contributed by atoms with Crippen LogP contribution in [0.1, 0.15) is 44.9 Å². The molecule has 3 aliphatic rings. The van der Waals surface area contributed by atoms with Crippen LogP contribution < -0.4 is 0 Å². The van der Waals surface area contributed by atoms with E-state index in [1.54, 1.807) is 0 Å². The largest absolute Gasteiger partial charge is 0.374 e. The molecule has 0 N–H and O–H groups in total. The normalized spacial score (nSPS) is 49.9. The molecule has 0 aromatic carbocycles. The van der Waals surface area contributed by atoms with Crippen molar-refractivity contribution in [3.05, 3.63) is 0 Å². The summed E-state index contributed by atoms with van der Waals surface area (Å²) in [6.45, 7) is 0.880. The van der Waals surface area contributed by atoms with E-state index in [1.807, 2.05) is 0 Å². The van der Waals surface area contributed by atoms with Crippen LogP contribution in [0.4, 0.5) is 0 Å². The fraction of sp³-hybridized carbons (Fsp3) is 1.00. The standard InChI is InChI=1S/C13H22OS2/c15-8-2-7-14-12-6-4-10(9-12)11-3-1-5-13(11,12)16/h10-11,15-16H,1-9H2. The SMILES string of the molecule is SCCCOC12CCC(C1)C1CCCC12S. The van der Waals surface area contributed by atoms with Crippen LogP contribution in [-0.4, -0.2) is 22.7 Å². The summed E-state index contributed by atoms with van der Waals surface area (Å²) in [4.78, 5) is 0. The van der Waals surface area contributed by atoms with Crippen molar-refractivity contribution >= 4 is 25.3 Å². The molecule has 0 aromatic rings. The van der Waals surface area contributed by atoms with E-state index in [2.05, 4.69) is 12.6 Å². The van der Waals surface area contributed by atoms with Gasteiger partial charge in [0.25, 0.3) is 0 Å². The highest BCUT2D eigenvalue weighted by atomic mass is 32.1. The van der Waals surface area contributed by atoms with Crippen molar-refractivity contribution in [1.29, 1.82) is 0 Å². The van der Waals surface area contributed by atoms with Crippen LogP contribution in [0.3, 0.4) is 0 Å². The van der Waals surface area contributed by atoms with Gasteiger partial charge in [-0.25, -0.2) is 0 Å². The first-order valence-corrected chi connectivity index (χ1v) is 7.77. The fourth-order valence-corrected chi connectivity index (χ4v) is 5.47. The summed E-state index contributed by atoms with van der Waals surface area (Å²) in [6.07, 6.45) is 9.03. The monoisotopic (exact) mass is 258 g/mol.